The molecule has 3 aliphatic carbocycles. The van der Waals surface area contributed by atoms with Crippen LogP contribution in [0.2, 0.25) is 0 Å². The van der Waals surface area contributed by atoms with Crippen molar-refractivity contribution in [3.8, 4) is 22.9 Å². The van der Waals surface area contributed by atoms with Gasteiger partial charge in [0.1, 0.15) is 47.0 Å². The number of carboxylic acids is 1. The van der Waals surface area contributed by atoms with E-state index in [-0.39, 0.29) is 31.5 Å². The van der Waals surface area contributed by atoms with Gasteiger partial charge in [-0.15, -0.1) is 17.9 Å². The minimum Gasteiger partial charge on any atom is -0.497 e. The van der Waals surface area contributed by atoms with Crippen molar-refractivity contribution in [2.24, 2.45) is 23.2 Å². The predicted molar refractivity (Wildman–Crippen MR) is 207 cm³/mol. The van der Waals surface area contributed by atoms with Gasteiger partial charge in [0, 0.05) is 41.3 Å². The Morgan fingerprint density at radius 2 is 1.80 bits per heavy atom. The lowest BCUT2D eigenvalue weighted by atomic mass is 9.85. The van der Waals surface area contributed by atoms with E-state index in [1.165, 1.54) is 28.7 Å². The van der Waals surface area contributed by atoms with Gasteiger partial charge in [-0.2, -0.15) is 0 Å². The van der Waals surface area contributed by atoms with Crippen LogP contribution in [0, 0.1) is 23.2 Å². The van der Waals surface area contributed by atoms with E-state index in [4.69, 9.17) is 24.2 Å². The number of ether oxygens (including phenoxy) is 3. The van der Waals surface area contributed by atoms with E-state index < -0.39 is 58.9 Å². The summed E-state index contributed by atoms with van der Waals surface area (Å²) >= 11 is 1.46. The highest BCUT2D eigenvalue weighted by Crippen LogP contribution is 2.52. The normalized spacial score (nSPS) is 27.2. The van der Waals surface area contributed by atoms with Crippen LogP contribution >= 0.6 is 11.3 Å². The minimum atomic E-state index is -1.51. The number of anilines is 1. The second-order valence-corrected chi connectivity index (χ2v) is 17.6. The smallest absolute Gasteiger partial charge is 0.408 e. The van der Waals surface area contributed by atoms with Crippen LogP contribution in [0.15, 0.2) is 42.3 Å². The van der Waals surface area contributed by atoms with Crippen LogP contribution in [0.25, 0.3) is 22.3 Å². The first-order chi connectivity index (χ1) is 26.1. The van der Waals surface area contributed by atoms with Gasteiger partial charge in [-0.25, -0.2) is 19.6 Å². The Hall–Kier alpha value is -4.92. The molecule has 4 fully saturated rings. The summed E-state index contributed by atoms with van der Waals surface area (Å²) in [5.74, 6) is -0.456. The van der Waals surface area contributed by atoms with Gasteiger partial charge in [-0.05, 0) is 68.9 Å². The number of benzene rings is 1. The second kappa shape index (κ2) is 14.6. The number of rotatable bonds is 13. The van der Waals surface area contributed by atoms with Gasteiger partial charge in [0.25, 0.3) is 0 Å². The number of likely N-dealkylation sites (tertiary alicyclic amines) is 1. The van der Waals surface area contributed by atoms with Crippen molar-refractivity contribution in [2.75, 3.05) is 19.0 Å². The van der Waals surface area contributed by atoms with E-state index in [0.29, 0.717) is 45.6 Å². The highest BCUT2D eigenvalue weighted by atomic mass is 32.1. The number of carboxylic acid groups (broad SMARTS) is 1. The number of alkyl carbamates (subject to hydrolysis) is 1. The number of aromatic nitrogens is 2. The molecule has 0 spiro atoms. The van der Waals surface area contributed by atoms with Gasteiger partial charge in [0.05, 0.1) is 24.9 Å². The Balaban J connectivity index is 1.19. The lowest BCUT2D eigenvalue weighted by Crippen LogP contribution is -2.59. The maximum Gasteiger partial charge on any atom is 0.408 e. The first-order valence-corrected chi connectivity index (χ1v) is 19.8. The van der Waals surface area contributed by atoms with Gasteiger partial charge >= 0.3 is 12.1 Å². The third kappa shape index (κ3) is 7.94. The number of aliphatic carboxylic acids is 1. The van der Waals surface area contributed by atoms with Crippen LogP contribution in [-0.2, 0) is 19.1 Å². The average molecular weight is 775 g/mol. The number of thiazole rings is 1. The molecule has 2 aromatic heterocycles. The Bertz CT molecular complexity index is 2000. The van der Waals surface area contributed by atoms with Crippen molar-refractivity contribution in [3.63, 3.8) is 0 Å². The molecule has 1 saturated heterocycles. The number of nitrogens with zero attached hydrogens (tertiary/aromatic N) is 3. The molecule has 14 nitrogen and oxygen atoms in total. The third-order valence-corrected chi connectivity index (χ3v) is 11.9. The summed E-state index contributed by atoms with van der Waals surface area (Å²) in [5, 5.41) is 22.3. The highest BCUT2D eigenvalue weighted by Gasteiger charge is 2.61. The zero-order valence-corrected chi connectivity index (χ0v) is 32.9. The van der Waals surface area contributed by atoms with E-state index in [1.54, 1.807) is 25.3 Å². The molecule has 1 aliphatic heterocycles. The van der Waals surface area contributed by atoms with E-state index in [9.17, 15) is 24.3 Å². The van der Waals surface area contributed by atoms with Gasteiger partial charge in [0.2, 0.25) is 11.8 Å². The number of carbonyl (C=O) groups excluding carboxylic acids is 3. The Labute approximate surface area is 324 Å². The van der Waals surface area contributed by atoms with Crippen LogP contribution in [0.5, 0.6) is 11.5 Å². The summed E-state index contributed by atoms with van der Waals surface area (Å²) in [6.07, 6.45) is 3.05. The van der Waals surface area contributed by atoms with E-state index in [1.807, 2.05) is 46.1 Å². The quantitative estimate of drug-likeness (QED) is 0.158. The number of pyridine rings is 1. The molecule has 3 heterocycles. The van der Waals surface area contributed by atoms with Crippen molar-refractivity contribution in [1.82, 2.24) is 25.5 Å². The number of nitrogens with one attached hydrogen (secondary N) is 3. The van der Waals surface area contributed by atoms with E-state index in [0.717, 1.165) is 18.0 Å². The van der Waals surface area contributed by atoms with Gasteiger partial charge < -0.3 is 40.2 Å². The maximum absolute atomic E-state index is 14.6. The van der Waals surface area contributed by atoms with Crippen molar-refractivity contribution < 1.29 is 38.5 Å². The Morgan fingerprint density at radius 3 is 2.44 bits per heavy atom. The van der Waals surface area contributed by atoms with Crippen molar-refractivity contribution in [3.05, 3.63) is 42.3 Å². The molecule has 1 unspecified atom stereocenters. The third-order valence-electron chi connectivity index (χ3n) is 11.2. The number of hydrogen-bond donors (Lipinski definition) is 4. The molecule has 1 aromatic carbocycles. The molecular formula is C40H50N6O8S. The molecule has 3 saturated carbocycles. The molecule has 0 bridgehead atoms. The fourth-order valence-corrected chi connectivity index (χ4v) is 8.83. The number of amides is 3. The topological polar surface area (TPSA) is 181 Å². The van der Waals surface area contributed by atoms with Crippen LogP contribution < -0.4 is 25.4 Å². The zero-order chi connectivity index (χ0) is 39.4. The SMILES string of the molecule is C=CC1C[C@]1(NC(=O)[C@@H]1C[C@@H](Oc2cc(-c3csc(NC(C)C)n3)nc3cc(OC)ccc23)CN1C(=O)[C@@H](NC(=O)O[C@H]1C[C@@H]2C[C@@H]2C1)C(C)(C)C)C(=O)O. The number of fused-ring (bicyclic) bond motifs is 2. The predicted octanol–water partition coefficient (Wildman–Crippen LogP) is 5.62. The van der Waals surface area contributed by atoms with Crippen LogP contribution in [0.4, 0.5) is 9.93 Å². The monoisotopic (exact) mass is 774 g/mol. The first-order valence-electron chi connectivity index (χ1n) is 18.9. The Kier molecular flexibility index (Phi) is 10.2. The van der Waals surface area contributed by atoms with Crippen LogP contribution in [0.1, 0.15) is 66.7 Å². The first kappa shape index (κ1) is 38.4. The van der Waals surface area contributed by atoms with Gasteiger partial charge in [-0.3, -0.25) is 9.59 Å². The fraction of sp³-hybridized carbons (Fsp3) is 0.550. The standard InChI is InChI=1S/C40H50N6O8S/c1-8-23-17-40(23,36(49)50)45-34(47)31-15-26(18-46(31)35(48)33(39(4,5)6)44-38(51)54-25-12-21-11-22(21)13-25)53-32-16-29(30-19-55-37(43-30)41-20(2)3)42-28-14-24(52-7)9-10-27(28)32/h8-10,14,16,19-23,25-26,31,33H,1,11-13,15,17-18H2,2-7H3,(H,41,43)(H,44,51)(H,45,47)(H,49,50)/t21-,22+,23?,25-,26-,31+,33-,40-/m1/s1. The highest BCUT2D eigenvalue weighted by molar-refractivity contribution is 7.14. The van der Waals surface area contributed by atoms with Crippen molar-refractivity contribution in [1.29, 1.82) is 0 Å². The number of carbonyl (C=O) groups is 4. The average Bonchev–Trinajstić information content (AvgIpc) is 3.79. The summed E-state index contributed by atoms with van der Waals surface area (Å²) in [7, 11) is 1.58. The summed E-state index contributed by atoms with van der Waals surface area (Å²) in [5.41, 5.74) is -0.476. The summed E-state index contributed by atoms with van der Waals surface area (Å²) in [6, 6.07) is 5.27. The fourth-order valence-electron chi connectivity index (χ4n) is 7.98. The van der Waals surface area contributed by atoms with Crippen molar-refractivity contribution >= 4 is 51.2 Å². The molecule has 4 N–H and O–H groups in total. The molecule has 0 radical (unpaired) electrons. The van der Waals surface area contributed by atoms with Gasteiger partial charge in [0.15, 0.2) is 5.13 Å². The summed E-state index contributed by atoms with van der Waals surface area (Å²) in [6.45, 7) is 13.3. The minimum absolute atomic E-state index is 0.00830. The van der Waals surface area contributed by atoms with Crippen molar-refractivity contribution in [2.45, 2.75) is 103 Å². The summed E-state index contributed by atoms with van der Waals surface area (Å²) < 4.78 is 17.9. The number of methoxy groups -OCH3 is 1. The molecule has 55 heavy (non-hydrogen) atoms. The largest absolute Gasteiger partial charge is 0.497 e. The van der Waals surface area contributed by atoms with Gasteiger partial charge in [-0.1, -0.05) is 26.8 Å². The molecular weight excluding hydrogens is 725 g/mol. The summed E-state index contributed by atoms with van der Waals surface area (Å²) in [4.78, 5) is 65.4. The second-order valence-electron chi connectivity index (χ2n) is 16.7. The zero-order valence-electron chi connectivity index (χ0n) is 32.1. The van der Waals surface area contributed by atoms with E-state index in [2.05, 4.69) is 22.5 Å². The molecule has 3 aromatic rings. The molecule has 4 aliphatic rings. The maximum atomic E-state index is 14.6. The molecule has 7 rings (SSSR count). The molecule has 3 amide bonds. The van der Waals surface area contributed by atoms with E-state index >= 15 is 0 Å². The van der Waals surface area contributed by atoms with Crippen LogP contribution in [-0.4, -0.2) is 93.4 Å². The van der Waals surface area contributed by atoms with Crippen LogP contribution in [0.3, 0.4) is 0 Å². The molecule has 15 heteroatoms. The number of hydrogen-bond acceptors (Lipinski definition) is 11. The lowest BCUT2D eigenvalue weighted by molar-refractivity contribution is -0.146. The molecule has 294 valence electrons. The molecule has 8 atom stereocenters. The lowest BCUT2D eigenvalue weighted by Gasteiger charge is -2.35. The Morgan fingerprint density at radius 1 is 1.05 bits per heavy atom.